The number of hydrogen-bond acceptors (Lipinski definition) is 4. The number of nitrogens with one attached hydrogen (secondary N) is 2. The van der Waals surface area contributed by atoms with Gasteiger partial charge in [-0.05, 0) is 24.6 Å². The summed E-state index contributed by atoms with van der Waals surface area (Å²) < 4.78 is 10.9. The Bertz CT molecular complexity index is 704. The Morgan fingerprint density at radius 1 is 0.808 bits per heavy atom. The average molecular weight is 356 g/mol. The van der Waals surface area contributed by atoms with Crippen LogP contribution in [-0.2, 0) is 16.0 Å². The van der Waals surface area contributed by atoms with E-state index in [9.17, 15) is 9.59 Å². The first kappa shape index (κ1) is 19.3. The SMILES string of the molecule is CCOc1ccccc1OCC(=O)NCCNC(=O)Cc1ccccc1. The van der Waals surface area contributed by atoms with E-state index in [1.165, 1.54) is 0 Å². The number of carbonyl (C=O) groups excluding carboxylic acids is 2. The van der Waals surface area contributed by atoms with Crippen molar-refractivity contribution in [2.24, 2.45) is 0 Å². The van der Waals surface area contributed by atoms with Crippen LogP contribution in [0, 0.1) is 0 Å². The van der Waals surface area contributed by atoms with Crippen molar-refractivity contribution in [3.05, 3.63) is 60.2 Å². The molecule has 0 saturated heterocycles. The van der Waals surface area contributed by atoms with Crippen molar-refractivity contribution in [2.75, 3.05) is 26.3 Å². The lowest BCUT2D eigenvalue weighted by atomic mass is 10.1. The number of para-hydroxylation sites is 2. The third-order valence-electron chi connectivity index (χ3n) is 3.48. The predicted octanol–water partition coefficient (Wildman–Crippen LogP) is 1.94. The van der Waals surface area contributed by atoms with Gasteiger partial charge in [-0.2, -0.15) is 0 Å². The minimum absolute atomic E-state index is 0.0765. The van der Waals surface area contributed by atoms with Gasteiger partial charge < -0.3 is 20.1 Å². The van der Waals surface area contributed by atoms with Crippen molar-refractivity contribution < 1.29 is 19.1 Å². The second-order valence-corrected chi connectivity index (χ2v) is 5.53. The van der Waals surface area contributed by atoms with E-state index in [-0.39, 0.29) is 18.4 Å². The van der Waals surface area contributed by atoms with E-state index < -0.39 is 0 Å². The van der Waals surface area contributed by atoms with Crippen LogP contribution in [0.15, 0.2) is 54.6 Å². The Morgan fingerprint density at radius 3 is 2.04 bits per heavy atom. The van der Waals surface area contributed by atoms with E-state index in [2.05, 4.69) is 10.6 Å². The maximum absolute atomic E-state index is 11.8. The quantitative estimate of drug-likeness (QED) is 0.638. The summed E-state index contributed by atoms with van der Waals surface area (Å²) in [7, 11) is 0. The van der Waals surface area contributed by atoms with E-state index >= 15 is 0 Å². The van der Waals surface area contributed by atoms with E-state index in [4.69, 9.17) is 9.47 Å². The van der Waals surface area contributed by atoms with Gasteiger partial charge in [0.1, 0.15) is 0 Å². The van der Waals surface area contributed by atoms with Gasteiger partial charge in [-0.15, -0.1) is 0 Å². The van der Waals surface area contributed by atoms with Crippen molar-refractivity contribution in [1.29, 1.82) is 0 Å². The summed E-state index contributed by atoms with van der Waals surface area (Å²) in [6.45, 7) is 3.01. The summed E-state index contributed by atoms with van der Waals surface area (Å²) in [6, 6.07) is 16.7. The second kappa shape index (κ2) is 10.8. The highest BCUT2D eigenvalue weighted by Gasteiger charge is 2.07. The fraction of sp³-hybridized carbons (Fsp3) is 0.300. The summed E-state index contributed by atoms with van der Waals surface area (Å²) in [5.74, 6) is 0.803. The second-order valence-electron chi connectivity index (χ2n) is 5.53. The maximum Gasteiger partial charge on any atom is 0.258 e. The molecule has 0 fully saturated rings. The number of benzene rings is 2. The highest BCUT2D eigenvalue weighted by molar-refractivity contribution is 5.79. The Hall–Kier alpha value is -3.02. The summed E-state index contributed by atoms with van der Waals surface area (Å²) in [5, 5.41) is 5.48. The first-order valence-electron chi connectivity index (χ1n) is 8.61. The molecule has 0 aliphatic heterocycles. The molecule has 0 bridgehead atoms. The third-order valence-corrected chi connectivity index (χ3v) is 3.48. The molecule has 0 unspecified atom stereocenters. The van der Waals surface area contributed by atoms with Gasteiger partial charge in [0.15, 0.2) is 18.1 Å². The van der Waals surface area contributed by atoms with E-state index in [1.54, 1.807) is 12.1 Å². The topological polar surface area (TPSA) is 76.7 Å². The van der Waals surface area contributed by atoms with Crippen LogP contribution in [0.2, 0.25) is 0 Å². The van der Waals surface area contributed by atoms with E-state index in [0.717, 1.165) is 5.56 Å². The number of rotatable bonds is 10. The largest absolute Gasteiger partial charge is 0.490 e. The van der Waals surface area contributed by atoms with Gasteiger partial charge in [-0.25, -0.2) is 0 Å². The zero-order chi connectivity index (χ0) is 18.6. The normalized spacial score (nSPS) is 10.0. The average Bonchev–Trinajstić information content (AvgIpc) is 2.65. The Balaban J connectivity index is 1.62. The molecule has 0 heterocycles. The van der Waals surface area contributed by atoms with Crippen molar-refractivity contribution in [1.82, 2.24) is 10.6 Å². The highest BCUT2D eigenvalue weighted by Crippen LogP contribution is 2.26. The van der Waals surface area contributed by atoms with Crippen LogP contribution < -0.4 is 20.1 Å². The first-order valence-corrected chi connectivity index (χ1v) is 8.61. The van der Waals surface area contributed by atoms with Crippen LogP contribution in [0.4, 0.5) is 0 Å². The molecule has 0 spiro atoms. The molecule has 2 aromatic carbocycles. The zero-order valence-electron chi connectivity index (χ0n) is 14.9. The van der Waals surface area contributed by atoms with Crippen LogP contribution in [0.1, 0.15) is 12.5 Å². The molecule has 2 rings (SSSR count). The van der Waals surface area contributed by atoms with Crippen molar-refractivity contribution in [3.63, 3.8) is 0 Å². The molecular weight excluding hydrogens is 332 g/mol. The van der Waals surface area contributed by atoms with E-state index in [1.807, 2.05) is 49.4 Å². The Kier molecular flexibility index (Phi) is 7.99. The molecule has 2 aromatic rings. The molecule has 26 heavy (non-hydrogen) atoms. The summed E-state index contributed by atoms with van der Waals surface area (Å²) in [6.07, 6.45) is 0.326. The highest BCUT2D eigenvalue weighted by atomic mass is 16.5. The molecule has 138 valence electrons. The van der Waals surface area contributed by atoms with Crippen LogP contribution in [0.5, 0.6) is 11.5 Å². The van der Waals surface area contributed by atoms with Gasteiger partial charge in [0, 0.05) is 13.1 Å². The Morgan fingerprint density at radius 2 is 1.38 bits per heavy atom. The standard InChI is InChI=1S/C20H24N2O4/c1-2-25-17-10-6-7-11-18(17)26-15-20(24)22-13-12-21-19(23)14-16-8-4-3-5-9-16/h3-11H,2,12-15H2,1H3,(H,21,23)(H,22,24). The van der Waals surface area contributed by atoms with Crippen molar-refractivity contribution in [3.8, 4) is 11.5 Å². The first-order chi connectivity index (χ1) is 12.7. The number of amides is 2. The molecular formula is C20H24N2O4. The fourth-order valence-electron chi connectivity index (χ4n) is 2.29. The van der Waals surface area contributed by atoms with Crippen molar-refractivity contribution in [2.45, 2.75) is 13.3 Å². The minimum atomic E-state index is -0.256. The molecule has 0 atom stereocenters. The van der Waals surface area contributed by atoms with Gasteiger partial charge >= 0.3 is 0 Å². The van der Waals surface area contributed by atoms with Crippen LogP contribution in [0.3, 0.4) is 0 Å². The molecule has 0 aliphatic rings. The minimum Gasteiger partial charge on any atom is -0.490 e. The maximum atomic E-state index is 11.8. The lowest BCUT2D eigenvalue weighted by molar-refractivity contribution is -0.124. The lowest BCUT2D eigenvalue weighted by Gasteiger charge is -2.11. The zero-order valence-corrected chi connectivity index (χ0v) is 14.9. The molecule has 2 amide bonds. The van der Waals surface area contributed by atoms with Crippen LogP contribution in [0.25, 0.3) is 0 Å². The van der Waals surface area contributed by atoms with Gasteiger partial charge in [-0.1, -0.05) is 42.5 Å². The summed E-state index contributed by atoms with van der Waals surface area (Å²) in [5.41, 5.74) is 0.954. The molecule has 0 radical (unpaired) electrons. The van der Waals surface area contributed by atoms with Crippen LogP contribution in [-0.4, -0.2) is 38.1 Å². The monoisotopic (exact) mass is 356 g/mol. The molecule has 2 N–H and O–H groups in total. The molecule has 0 aromatic heterocycles. The van der Waals surface area contributed by atoms with Gasteiger partial charge in [0.25, 0.3) is 5.91 Å². The summed E-state index contributed by atoms with van der Waals surface area (Å²) >= 11 is 0. The Labute approximate surface area is 153 Å². The third kappa shape index (κ3) is 6.84. The van der Waals surface area contributed by atoms with E-state index in [0.29, 0.717) is 37.6 Å². The smallest absolute Gasteiger partial charge is 0.258 e. The molecule has 6 heteroatoms. The van der Waals surface area contributed by atoms with Gasteiger partial charge in [0.05, 0.1) is 13.0 Å². The molecule has 0 saturated carbocycles. The number of carbonyl (C=O) groups is 2. The lowest BCUT2D eigenvalue weighted by Crippen LogP contribution is -2.37. The number of hydrogen-bond donors (Lipinski definition) is 2. The summed E-state index contributed by atoms with van der Waals surface area (Å²) in [4.78, 5) is 23.6. The van der Waals surface area contributed by atoms with Crippen molar-refractivity contribution >= 4 is 11.8 Å². The molecule has 6 nitrogen and oxygen atoms in total. The fourth-order valence-corrected chi connectivity index (χ4v) is 2.29. The predicted molar refractivity (Wildman–Crippen MR) is 99.3 cm³/mol. The van der Waals surface area contributed by atoms with Gasteiger partial charge in [-0.3, -0.25) is 9.59 Å². The number of ether oxygens (including phenoxy) is 2. The van der Waals surface area contributed by atoms with Crippen LogP contribution >= 0.6 is 0 Å². The molecule has 0 aliphatic carbocycles. The van der Waals surface area contributed by atoms with Gasteiger partial charge in [0.2, 0.25) is 5.91 Å².